The van der Waals surface area contributed by atoms with E-state index >= 15 is 0 Å². The van der Waals surface area contributed by atoms with Gasteiger partial charge in [-0.05, 0) is 0 Å². The molecule has 3 heteroatoms. The molecule has 0 saturated heterocycles. The van der Waals surface area contributed by atoms with Gasteiger partial charge in [0.05, 0.1) is 0 Å². The monoisotopic (exact) mass is 374 g/mol. The maximum absolute atomic E-state index is 11.3. The van der Waals surface area contributed by atoms with Crippen molar-refractivity contribution < 1.29 is 9.59 Å². The van der Waals surface area contributed by atoms with Gasteiger partial charge in [0.25, 0.3) is 0 Å². The normalized spacial score (nSPS) is 10.6. The van der Waals surface area contributed by atoms with Crippen molar-refractivity contribution in [2.45, 2.75) is 86.9 Å². The van der Waals surface area contributed by atoms with Crippen molar-refractivity contribution in [1.82, 2.24) is 0 Å². The van der Waals surface area contributed by atoms with Gasteiger partial charge in [0.15, 0.2) is 0 Å². The van der Waals surface area contributed by atoms with E-state index in [0.717, 1.165) is 51.4 Å². The molecule has 2 nitrogen and oxygen atoms in total. The summed E-state index contributed by atoms with van der Waals surface area (Å²) in [7, 11) is 0. The predicted molar refractivity (Wildman–Crippen MR) is 82.9 cm³/mol. The van der Waals surface area contributed by atoms with Crippen molar-refractivity contribution in [3.63, 3.8) is 0 Å². The molecule has 19 heavy (non-hydrogen) atoms. The summed E-state index contributed by atoms with van der Waals surface area (Å²) in [6.45, 7) is 4.13. The third-order valence-corrected chi connectivity index (χ3v) is 7.21. The zero-order valence-corrected chi connectivity index (χ0v) is 15.7. The van der Waals surface area contributed by atoms with Gasteiger partial charge < -0.3 is 0 Å². The Labute approximate surface area is 129 Å². The first-order valence-corrected chi connectivity index (χ1v) is 12.0. The molecule has 0 aromatic rings. The second-order valence-corrected chi connectivity index (χ2v) is 9.52. The number of rotatable bonds is 14. The minimum atomic E-state index is -0.188. The molecule has 0 bridgehead atoms. The van der Waals surface area contributed by atoms with E-state index in [2.05, 4.69) is 13.8 Å². The number of carbonyl (C=O) groups excluding carboxylic acids is 2. The van der Waals surface area contributed by atoms with Crippen LogP contribution in [0.3, 0.4) is 0 Å². The van der Waals surface area contributed by atoms with Gasteiger partial charge in [0.2, 0.25) is 0 Å². The molecule has 0 unspecified atom stereocenters. The van der Waals surface area contributed by atoms with E-state index < -0.39 is 0 Å². The van der Waals surface area contributed by atoms with Crippen LogP contribution in [-0.2, 0) is 9.59 Å². The Hall–Kier alpha value is 0.139. The number of ketones is 2. The molecule has 0 saturated carbocycles. The van der Waals surface area contributed by atoms with Crippen LogP contribution in [0.15, 0.2) is 0 Å². The van der Waals surface area contributed by atoms with Crippen molar-refractivity contribution >= 4 is 32.7 Å². The molecule has 0 aromatic carbocycles. The van der Waals surface area contributed by atoms with E-state index in [1.165, 1.54) is 21.7 Å². The summed E-state index contributed by atoms with van der Waals surface area (Å²) in [5.74, 6) is 0.893. The Balaban J connectivity index is 3.15. The Morgan fingerprint density at radius 3 is 1.47 bits per heavy atom. The molecule has 0 amide bonds. The number of unbranched alkanes of at least 4 members (excludes halogenated alkanes) is 2. The number of Topliss-reactive ketones (excluding diaryl/α,β-unsaturated/α-hetero) is 2. The molecular formula is C16H30O2Sn. The van der Waals surface area contributed by atoms with Crippen LogP contribution in [0.25, 0.3) is 0 Å². The van der Waals surface area contributed by atoms with E-state index in [4.69, 9.17) is 0 Å². The molecule has 0 atom stereocenters. The SMILES string of the molecule is CCCC(=O)CCC[CH2][Sn][CH2]CCCC(=O)CCC. The number of hydrogen-bond donors (Lipinski definition) is 0. The van der Waals surface area contributed by atoms with Crippen LogP contribution in [-0.4, -0.2) is 32.7 Å². The van der Waals surface area contributed by atoms with Gasteiger partial charge >= 0.3 is 129 Å². The molecule has 110 valence electrons. The second-order valence-electron chi connectivity index (χ2n) is 5.24. The van der Waals surface area contributed by atoms with Crippen LogP contribution in [0.4, 0.5) is 0 Å². The van der Waals surface area contributed by atoms with Crippen LogP contribution in [0, 0.1) is 0 Å². The quantitative estimate of drug-likeness (QED) is 0.329. The number of hydrogen-bond acceptors (Lipinski definition) is 2. The third-order valence-electron chi connectivity index (χ3n) is 3.18. The van der Waals surface area contributed by atoms with Crippen LogP contribution in [0.5, 0.6) is 0 Å². The molecule has 0 aliphatic heterocycles. The van der Waals surface area contributed by atoms with Gasteiger partial charge in [-0.1, -0.05) is 0 Å². The van der Waals surface area contributed by atoms with E-state index in [1.807, 2.05) is 0 Å². The fraction of sp³-hybridized carbons (Fsp3) is 0.875. The Kier molecular flexibility index (Phi) is 14.7. The molecule has 0 spiro atoms. The standard InChI is InChI=1S/2C8H15O.Sn/c2*1-3-5-7-8(9)6-4-2;/h2*1,3-7H2,2H3;. The Morgan fingerprint density at radius 1 is 0.684 bits per heavy atom. The Bertz CT molecular complexity index is 215. The van der Waals surface area contributed by atoms with E-state index in [0.29, 0.717) is 11.6 Å². The first-order valence-electron chi connectivity index (χ1n) is 7.94. The van der Waals surface area contributed by atoms with Gasteiger partial charge in [0, 0.05) is 0 Å². The molecule has 0 aliphatic carbocycles. The Morgan fingerprint density at radius 2 is 1.11 bits per heavy atom. The molecule has 2 radical (unpaired) electrons. The fourth-order valence-electron chi connectivity index (χ4n) is 2.08. The molecule has 0 N–H and O–H groups in total. The second kappa shape index (κ2) is 14.5. The maximum atomic E-state index is 11.3. The van der Waals surface area contributed by atoms with Crippen LogP contribution in [0.1, 0.15) is 78.1 Å². The van der Waals surface area contributed by atoms with Gasteiger partial charge in [-0.25, -0.2) is 0 Å². The molecule has 0 aromatic heterocycles. The summed E-state index contributed by atoms with van der Waals surface area (Å²) >= 11 is -0.188. The molecule has 0 aliphatic rings. The summed E-state index contributed by atoms with van der Waals surface area (Å²) < 4.78 is 2.82. The van der Waals surface area contributed by atoms with Crippen molar-refractivity contribution in [3.05, 3.63) is 0 Å². The summed E-state index contributed by atoms with van der Waals surface area (Å²) in [6.07, 6.45) is 9.86. The average Bonchev–Trinajstić information content (AvgIpc) is 2.37. The predicted octanol–water partition coefficient (Wildman–Crippen LogP) is 4.61. The van der Waals surface area contributed by atoms with E-state index in [9.17, 15) is 9.59 Å². The van der Waals surface area contributed by atoms with E-state index in [-0.39, 0.29) is 21.1 Å². The molecule has 0 rings (SSSR count). The first-order chi connectivity index (χ1) is 9.20. The minimum absolute atomic E-state index is 0.188. The van der Waals surface area contributed by atoms with Gasteiger partial charge in [0.1, 0.15) is 0 Å². The summed E-state index contributed by atoms with van der Waals surface area (Å²) in [6, 6.07) is 0. The van der Waals surface area contributed by atoms with Gasteiger partial charge in [-0.3, -0.25) is 0 Å². The van der Waals surface area contributed by atoms with Crippen LogP contribution in [0.2, 0.25) is 8.87 Å². The van der Waals surface area contributed by atoms with Crippen molar-refractivity contribution in [2.75, 3.05) is 0 Å². The first kappa shape index (κ1) is 19.1. The van der Waals surface area contributed by atoms with Crippen LogP contribution >= 0.6 is 0 Å². The zero-order chi connectivity index (χ0) is 14.3. The topological polar surface area (TPSA) is 34.1 Å². The third kappa shape index (κ3) is 14.4. The van der Waals surface area contributed by atoms with Gasteiger partial charge in [-0.15, -0.1) is 0 Å². The van der Waals surface area contributed by atoms with Crippen molar-refractivity contribution in [3.8, 4) is 0 Å². The average molecular weight is 373 g/mol. The summed E-state index contributed by atoms with van der Waals surface area (Å²) in [5.41, 5.74) is 0. The fourth-order valence-corrected chi connectivity index (χ4v) is 5.64. The van der Waals surface area contributed by atoms with Crippen molar-refractivity contribution in [1.29, 1.82) is 0 Å². The summed E-state index contributed by atoms with van der Waals surface area (Å²) in [5, 5.41) is 0. The molecular weight excluding hydrogens is 343 g/mol. The summed E-state index contributed by atoms with van der Waals surface area (Å²) in [4.78, 5) is 22.6. The zero-order valence-electron chi connectivity index (χ0n) is 12.8. The molecule has 0 fully saturated rings. The van der Waals surface area contributed by atoms with Crippen LogP contribution < -0.4 is 0 Å². The number of carbonyl (C=O) groups is 2. The van der Waals surface area contributed by atoms with E-state index in [1.54, 1.807) is 0 Å². The molecule has 0 heterocycles. The van der Waals surface area contributed by atoms with Gasteiger partial charge in [-0.2, -0.15) is 0 Å². The van der Waals surface area contributed by atoms with Crippen molar-refractivity contribution in [2.24, 2.45) is 0 Å².